The Labute approximate surface area is 156 Å². The molecule has 0 atom stereocenters. The standard InChI is InChI=1S/C20H19FN4O2/c1-14-13-17(24-25(14)18-10-6-5-9-16(18)21)20(27)23-12-11-22-19(26)15-7-3-2-4-8-15/h2-10,13H,11-12H2,1H3,(H,22,26)(H,23,27). The van der Waals surface area contributed by atoms with Crippen molar-refractivity contribution in [3.63, 3.8) is 0 Å². The van der Waals surface area contributed by atoms with Gasteiger partial charge in [-0.2, -0.15) is 5.10 Å². The molecular weight excluding hydrogens is 347 g/mol. The monoisotopic (exact) mass is 366 g/mol. The van der Waals surface area contributed by atoms with Crippen LogP contribution in [0.4, 0.5) is 4.39 Å². The fourth-order valence-electron chi connectivity index (χ4n) is 2.59. The van der Waals surface area contributed by atoms with Gasteiger partial charge in [0.05, 0.1) is 0 Å². The largest absolute Gasteiger partial charge is 0.350 e. The number of rotatable bonds is 6. The second kappa shape index (κ2) is 8.27. The zero-order valence-corrected chi connectivity index (χ0v) is 14.8. The zero-order valence-electron chi connectivity index (χ0n) is 14.8. The van der Waals surface area contributed by atoms with Crippen LogP contribution in [-0.4, -0.2) is 34.7 Å². The van der Waals surface area contributed by atoms with Crippen LogP contribution in [0.2, 0.25) is 0 Å². The molecule has 0 saturated carbocycles. The predicted molar refractivity (Wildman–Crippen MR) is 99.4 cm³/mol. The molecule has 3 rings (SSSR count). The number of benzene rings is 2. The quantitative estimate of drug-likeness (QED) is 0.658. The minimum Gasteiger partial charge on any atom is -0.350 e. The van der Waals surface area contributed by atoms with E-state index < -0.39 is 5.82 Å². The van der Waals surface area contributed by atoms with Crippen LogP contribution in [0.5, 0.6) is 0 Å². The minimum atomic E-state index is -0.417. The molecule has 2 aromatic carbocycles. The van der Waals surface area contributed by atoms with E-state index in [1.54, 1.807) is 55.5 Å². The summed E-state index contributed by atoms with van der Waals surface area (Å²) >= 11 is 0. The van der Waals surface area contributed by atoms with Crippen LogP contribution in [0, 0.1) is 12.7 Å². The Balaban J connectivity index is 1.55. The lowest BCUT2D eigenvalue weighted by Crippen LogP contribution is -2.34. The third-order valence-electron chi connectivity index (χ3n) is 3.93. The fourth-order valence-corrected chi connectivity index (χ4v) is 2.59. The number of hydrogen-bond acceptors (Lipinski definition) is 3. The van der Waals surface area contributed by atoms with E-state index in [-0.39, 0.29) is 36.3 Å². The second-order valence-electron chi connectivity index (χ2n) is 5.91. The van der Waals surface area contributed by atoms with Gasteiger partial charge in [-0.25, -0.2) is 9.07 Å². The molecule has 0 radical (unpaired) electrons. The Bertz CT molecular complexity index is 954. The Morgan fingerprint density at radius 3 is 2.30 bits per heavy atom. The smallest absolute Gasteiger partial charge is 0.271 e. The van der Waals surface area contributed by atoms with Gasteiger partial charge in [-0.05, 0) is 37.3 Å². The average Bonchev–Trinajstić information content (AvgIpc) is 3.07. The number of hydrogen-bond donors (Lipinski definition) is 2. The normalized spacial score (nSPS) is 10.4. The summed E-state index contributed by atoms with van der Waals surface area (Å²) in [6.45, 7) is 2.28. The number of amides is 2. The van der Waals surface area contributed by atoms with Crippen molar-refractivity contribution in [2.75, 3.05) is 13.1 Å². The Morgan fingerprint density at radius 1 is 0.963 bits per heavy atom. The summed E-state index contributed by atoms with van der Waals surface area (Å²) in [5, 5.41) is 9.60. The van der Waals surface area contributed by atoms with Gasteiger partial charge < -0.3 is 10.6 Å². The van der Waals surface area contributed by atoms with Crippen molar-refractivity contribution < 1.29 is 14.0 Å². The summed E-state index contributed by atoms with van der Waals surface area (Å²) in [5.41, 5.74) is 1.67. The molecule has 0 unspecified atom stereocenters. The van der Waals surface area contributed by atoms with E-state index in [0.29, 0.717) is 11.3 Å². The van der Waals surface area contributed by atoms with E-state index in [1.807, 2.05) is 6.07 Å². The molecule has 1 heterocycles. The first-order valence-electron chi connectivity index (χ1n) is 8.49. The number of aromatic nitrogens is 2. The van der Waals surface area contributed by atoms with Crippen LogP contribution in [0.15, 0.2) is 60.7 Å². The van der Waals surface area contributed by atoms with Crippen molar-refractivity contribution >= 4 is 11.8 Å². The number of carbonyl (C=O) groups is 2. The van der Waals surface area contributed by atoms with Gasteiger partial charge in [-0.1, -0.05) is 30.3 Å². The molecule has 0 spiro atoms. The number of halogens is 1. The van der Waals surface area contributed by atoms with E-state index in [2.05, 4.69) is 15.7 Å². The number of para-hydroxylation sites is 1. The third kappa shape index (κ3) is 4.38. The number of carbonyl (C=O) groups excluding carboxylic acids is 2. The van der Waals surface area contributed by atoms with Gasteiger partial charge in [-0.3, -0.25) is 9.59 Å². The molecule has 0 bridgehead atoms. The lowest BCUT2D eigenvalue weighted by Gasteiger charge is -2.06. The van der Waals surface area contributed by atoms with E-state index in [1.165, 1.54) is 10.7 Å². The van der Waals surface area contributed by atoms with Gasteiger partial charge in [0.25, 0.3) is 11.8 Å². The van der Waals surface area contributed by atoms with E-state index in [0.717, 1.165) is 0 Å². The zero-order chi connectivity index (χ0) is 19.2. The SMILES string of the molecule is Cc1cc(C(=O)NCCNC(=O)c2ccccc2)nn1-c1ccccc1F. The van der Waals surface area contributed by atoms with Crippen LogP contribution in [0.25, 0.3) is 5.69 Å². The lowest BCUT2D eigenvalue weighted by atomic mass is 10.2. The van der Waals surface area contributed by atoms with Crippen LogP contribution < -0.4 is 10.6 Å². The summed E-state index contributed by atoms with van der Waals surface area (Å²) in [6, 6.07) is 16.6. The Morgan fingerprint density at radius 2 is 1.59 bits per heavy atom. The fraction of sp³-hybridized carbons (Fsp3) is 0.150. The van der Waals surface area contributed by atoms with Crippen molar-refractivity contribution in [2.45, 2.75) is 6.92 Å². The molecule has 6 nitrogen and oxygen atoms in total. The van der Waals surface area contributed by atoms with E-state index in [4.69, 9.17) is 0 Å². The van der Waals surface area contributed by atoms with Crippen LogP contribution in [-0.2, 0) is 0 Å². The van der Waals surface area contributed by atoms with Gasteiger partial charge in [0, 0.05) is 24.3 Å². The molecule has 0 saturated heterocycles. The molecule has 0 aliphatic carbocycles. The van der Waals surface area contributed by atoms with E-state index >= 15 is 0 Å². The maximum absolute atomic E-state index is 13.9. The van der Waals surface area contributed by atoms with Crippen LogP contribution >= 0.6 is 0 Å². The first-order valence-corrected chi connectivity index (χ1v) is 8.49. The topological polar surface area (TPSA) is 76.0 Å². The molecular formula is C20H19FN4O2. The van der Waals surface area contributed by atoms with Gasteiger partial charge in [0.15, 0.2) is 5.69 Å². The number of nitrogens with zero attached hydrogens (tertiary/aromatic N) is 2. The molecule has 7 heteroatoms. The molecule has 3 aromatic rings. The molecule has 0 aliphatic rings. The number of aryl methyl sites for hydroxylation is 1. The first kappa shape index (κ1) is 18.3. The predicted octanol–water partition coefficient (Wildman–Crippen LogP) is 2.48. The highest BCUT2D eigenvalue weighted by atomic mass is 19.1. The van der Waals surface area contributed by atoms with Gasteiger partial charge in [0.1, 0.15) is 11.5 Å². The highest BCUT2D eigenvalue weighted by molar-refractivity contribution is 5.94. The summed E-state index contributed by atoms with van der Waals surface area (Å²) in [4.78, 5) is 24.2. The highest BCUT2D eigenvalue weighted by Gasteiger charge is 2.15. The van der Waals surface area contributed by atoms with Crippen molar-refractivity contribution in [1.29, 1.82) is 0 Å². The molecule has 2 amide bonds. The van der Waals surface area contributed by atoms with Crippen LogP contribution in [0.1, 0.15) is 26.5 Å². The molecule has 1 aromatic heterocycles. The summed E-state index contributed by atoms with van der Waals surface area (Å²) in [7, 11) is 0. The van der Waals surface area contributed by atoms with Crippen molar-refractivity contribution in [3.05, 3.63) is 83.4 Å². The summed E-state index contributed by atoms with van der Waals surface area (Å²) < 4.78 is 15.3. The molecule has 2 N–H and O–H groups in total. The average molecular weight is 366 g/mol. The summed E-state index contributed by atoms with van der Waals surface area (Å²) in [6.07, 6.45) is 0. The highest BCUT2D eigenvalue weighted by Crippen LogP contribution is 2.15. The minimum absolute atomic E-state index is 0.185. The molecule has 0 aliphatic heterocycles. The summed E-state index contributed by atoms with van der Waals surface area (Å²) in [5.74, 6) is -1.01. The number of nitrogens with one attached hydrogen (secondary N) is 2. The third-order valence-corrected chi connectivity index (χ3v) is 3.93. The van der Waals surface area contributed by atoms with Crippen molar-refractivity contribution in [1.82, 2.24) is 20.4 Å². The second-order valence-corrected chi connectivity index (χ2v) is 5.91. The van der Waals surface area contributed by atoms with Gasteiger partial charge in [-0.15, -0.1) is 0 Å². The molecule has 138 valence electrons. The van der Waals surface area contributed by atoms with Gasteiger partial charge >= 0.3 is 0 Å². The van der Waals surface area contributed by atoms with E-state index in [9.17, 15) is 14.0 Å². The van der Waals surface area contributed by atoms with Gasteiger partial charge in [0.2, 0.25) is 0 Å². The first-order chi connectivity index (χ1) is 13.1. The van der Waals surface area contributed by atoms with Crippen molar-refractivity contribution in [3.8, 4) is 5.69 Å². The van der Waals surface area contributed by atoms with Crippen LogP contribution in [0.3, 0.4) is 0 Å². The lowest BCUT2D eigenvalue weighted by molar-refractivity contribution is 0.0925. The maximum Gasteiger partial charge on any atom is 0.271 e. The Hall–Kier alpha value is -3.48. The van der Waals surface area contributed by atoms with Crippen molar-refractivity contribution in [2.24, 2.45) is 0 Å². The molecule has 27 heavy (non-hydrogen) atoms. The Kier molecular flexibility index (Phi) is 5.61. The maximum atomic E-state index is 13.9. The molecule has 0 fully saturated rings.